The molecule has 0 spiro atoms. The molecular formula is C25H28ClFN4O2. The van der Waals surface area contributed by atoms with Crippen LogP contribution >= 0.6 is 11.6 Å². The summed E-state index contributed by atoms with van der Waals surface area (Å²) in [5, 5.41) is 4.81. The minimum Gasteiger partial charge on any atom is -0.471 e. The molecule has 8 heteroatoms. The Bertz CT molecular complexity index is 1090. The van der Waals surface area contributed by atoms with Gasteiger partial charge in [0.2, 0.25) is 0 Å². The molecule has 33 heavy (non-hydrogen) atoms. The van der Waals surface area contributed by atoms with Crippen LogP contribution in [0.3, 0.4) is 0 Å². The fourth-order valence-corrected chi connectivity index (χ4v) is 4.03. The van der Waals surface area contributed by atoms with Crippen molar-refractivity contribution in [2.75, 3.05) is 26.2 Å². The summed E-state index contributed by atoms with van der Waals surface area (Å²) in [5.74, 6) is 0.809. The van der Waals surface area contributed by atoms with Gasteiger partial charge in [0.25, 0.3) is 5.91 Å². The van der Waals surface area contributed by atoms with Crippen LogP contribution in [0.15, 0.2) is 54.7 Å². The molecule has 2 heterocycles. The molecule has 1 fully saturated rings. The average Bonchev–Trinajstić information content (AvgIpc) is 3.29. The number of hydrogen-bond acceptors (Lipinski definition) is 4. The Kier molecular flexibility index (Phi) is 7.30. The van der Waals surface area contributed by atoms with Crippen LogP contribution in [0.2, 0.25) is 5.02 Å². The van der Waals surface area contributed by atoms with E-state index in [0.717, 1.165) is 24.4 Å². The first-order chi connectivity index (χ1) is 15.9. The molecule has 174 valence electrons. The molecule has 6 nitrogen and oxygen atoms in total. The van der Waals surface area contributed by atoms with Crippen molar-refractivity contribution in [1.82, 2.24) is 19.6 Å². The van der Waals surface area contributed by atoms with Gasteiger partial charge < -0.3 is 9.64 Å². The highest BCUT2D eigenvalue weighted by Gasteiger charge is 2.24. The molecule has 0 radical (unpaired) electrons. The number of benzene rings is 2. The number of piperazine rings is 1. The molecule has 0 saturated carbocycles. The van der Waals surface area contributed by atoms with Crippen molar-refractivity contribution < 1.29 is 13.9 Å². The number of rotatable bonds is 7. The number of carbonyl (C=O) groups excluding carboxylic acids is 1. The van der Waals surface area contributed by atoms with Crippen LogP contribution in [0.5, 0.6) is 5.75 Å². The van der Waals surface area contributed by atoms with Crippen molar-refractivity contribution in [1.29, 1.82) is 0 Å². The summed E-state index contributed by atoms with van der Waals surface area (Å²) < 4.78 is 20.7. The van der Waals surface area contributed by atoms with E-state index >= 15 is 0 Å². The van der Waals surface area contributed by atoms with Crippen molar-refractivity contribution in [2.24, 2.45) is 0 Å². The highest BCUT2D eigenvalue weighted by Crippen LogP contribution is 2.21. The van der Waals surface area contributed by atoms with E-state index in [1.165, 1.54) is 17.7 Å². The third kappa shape index (κ3) is 5.92. The van der Waals surface area contributed by atoms with Crippen molar-refractivity contribution in [3.05, 3.63) is 82.4 Å². The van der Waals surface area contributed by atoms with Gasteiger partial charge in [-0.2, -0.15) is 5.10 Å². The van der Waals surface area contributed by atoms with Crippen molar-refractivity contribution in [2.45, 2.75) is 33.0 Å². The molecule has 0 bridgehead atoms. The summed E-state index contributed by atoms with van der Waals surface area (Å²) in [6, 6.07) is 14.2. The summed E-state index contributed by atoms with van der Waals surface area (Å²) in [4.78, 5) is 16.9. The van der Waals surface area contributed by atoms with Crippen LogP contribution in [0.25, 0.3) is 0 Å². The molecule has 0 aliphatic carbocycles. The van der Waals surface area contributed by atoms with Crippen LogP contribution < -0.4 is 4.74 Å². The zero-order valence-electron chi connectivity index (χ0n) is 18.9. The molecule has 1 aliphatic rings. The Balaban J connectivity index is 1.27. The van der Waals surface area contributed by atoms with Crippen LogP contribution in [0.1, 0.15) is 41.4 Å². The highest BCUT2D eigenvalue weighted by molar-refractivity contribution is 6.31. The summed E-state index contributed by atoms with van der Waals surface area (Å²) in [7, 11) is 0. The van der Waals surface area contributed by atoms with Gasteiger partial charge in [-0.3, -0.25) is 9.69 Å². The highest BCUT2D eigenvalue weighted by atomic mass is 35.5. The molecule has 0 unspecified atom stereocenters. The van der Waals surface area contributed by atoms with E-state index in [9.17, 15) is 9.18 Å². The standard InChI is InChI=1S/C25H28ClFN4O2/c1-18(2)19-4-7-22(8-5-19)33-17-31-10-9-24(28-31)25(32)30-13-11-29(12-14-30)16-20-3-6-21(27)15-23(20)26/h3-10,15,18H,11-14,16-17H2,1-2H3. The second-order valence-electron chi connectivity index (χ2n) is 8.54. The van der Waals surface area contributed by atoms with Crippen LogP contribution in [0, 0.1) is 5.82 Å². The van der Waals surface area contributed by atoms with Gasteiger partial charge in [-0.25, -0.2) is 9.07 Å². The first-order valence-corrected chi connectivity index (χ1v) is 11.5. The monoisotopic (exact) mass is 470 g/mol. The molecule has 1 amide bonds. The molecule has 0 N–H and O–H groups in total. The van der Waals surface area contributed by atoms with Gasteiger partial charge in [0.1, 0.15) is 11.6 Å². The van der Waals surface area contributed by atoms with Gasteiger partial charge in [0.05, 0.1) is 0 Å². The molecule has 0 atom stereocenters. The maximum atomic E-state index is 13.2. The van der Waals surface area contributed by atoms with E-state index in [2.05, 4.69) is 36.0 Å². The number of hydrogen-bond donors (Lipinski definition) is 0. The minimum atomic E-state index is -0.340. The number of amides is 1. The van der Waals surface area contributed by atoms with Gasteiger partial charge in [-0.1, -0.05) is 43.6 Å². The lowest BCUT2D eigenvalue weighted by Gasteiger charge is -2.34. The summed E-state index contributed by atoms with van der Waals surface area (Å²) in [5.41, 5.74) is 2.55. The molecule has 1 aromatic heterocycles. The topological polar surface area (TPSA) is 50.6 Å². The normalized spacial score (nSPS) is 14.6. The van der Waals surface area contributed by atoms with Crippen molar-refractivity contribution >= 4 is 17.5 Å². The summed E-state index contributed by atoms with van der Waals surface area (Å²) >= 11 is 6.14. The van der Waals surface area contributed by atoms with E-state index < -0.39 is 0 Å². The lowest BCUT2D eigenvalue weighted by atomic mass is 10.0. The number of aromatic nitrogens is 2. The Morgan fingerprint density at radius 1 is 1.09 bits per heavy atom. The number of ether oxygens (including phenoxy) is 1. The van der Waals surface area contributed by atoms with Gasteiger partial charge in [-0.05, 0) is 47.4 Å². The fourth-order valence-electron chi connectivity index (χ4n) is 3.80. The molecule has 2 aromatic carbocycles. The quantitative estimate of drug-likeness (QED) is 0.498. The van der Waals surface area contributed by atoms with Gasteiger partial charge in [0, 0.05) is 43.9 Å². The Morgan fingerprint density at radius 2 is 1.82 bits per heavy atom. The third-order valence-corrected chi connectivity index (χ3v) is 6.19. The lowest BCUT2D eigenvalue weighted by molar-refractivity contribution is 0.0621. The van der Waals surface area contributed by atoms with Gasteiger partial charge in [-0.15, -0.1) is 0 Å². The molecule has 3 aromatic rings. The van der Waals surface area contributed by atoms with Crippen LogP contribution in [0.4, 0.5) is 4.39 Å². The van der Waals surface area contributed by atoms with Crippen molar-refractivity contribution in [3.8, 4) is 5.75 Å². The maximum Gasteiger partial charge on any atom is 0.274 e. The predicted molar refractivity (Wildman–Crippen MR) is 126 cm³/mol. The largest absolute Gasteiger partial charge is 0.471 e. The third-order valence-electron chi connectivity index (χ3n) is 5.84. The van der Waals surface area contributed by atoms with E-state index in [4.69, 9.17) is 16.3 Å². The Hall–Kier alpha value is -2.90. The number of carbonyl (C=O) groups is 1. The Labute approximate surface area is 198 Å². The van der Waals surface area contributed by atoms with E-state index in [1.807, 2.05) is 12.1 Å². The van der Waals surface area contributed by atoms with E-state index in [1.54, 1.807) is 27.9 Å². The van der Waals surface area contributed by atoms with Crippen LogP contribution in [-0.4, -0.2) is 51.7 Å². The minimum absolute atomic E-state index is 0.0884. The van der Waals surface area contributed by atoms with Gasteiger partial charge >= 0.3 is 0 Å². The summed E-state index contributed by atoms with van der Waals surface area (Å²) in [6.07, 6.45) is 1.75. The smallest absolute Gasteiger partial charge is 0.274 e. The lowest BCUT2D eigenvalue weighted by Crippen LogP contribution is -2.48. The SMILES string of the molecule is CC(C)c1ccc(OCn2ccc(C(=O)N3CCN(Cc4ccc(F)cc4Cl)CC3)n2)cc1. The second-order valence-corrected chi connectivity index (χ2v) is 8.95. The molecule has 4 rings (SSSR count). The maximum absolute atomic E-state index is 13.2. The average molecular weight is 471 g/mol. The Morgan fingerprint density at radius 3 is 2.48 bits per heavy atom. The fraction of sp³-hybridized carbons (Fsp3) is 0.360. The molecule has 1 saturated heterocycles. The zero-order valence-corrected chi connectivity index (χ0v) is 19.6. The summed E-state index contributed by atoms with van der Waals surface area (Å²) in [6.45, 7) is 7.81. The predicted octanol–water partition coefficient (Wildman–Crippen LogP) is 4.79. The number of nitrogens with zero attached hydrogens (tertiary/aromatic N) is 4. The van der Waals surface area contributed by atoms with E-state index in [0.29, 0.717) is 36.3 Å². The molecule has 1 aliphatic heterocycles. The van der Waals surface area contributed by atoms with Crippen molar-refractivity contribution in [3.63, 3.8) is 0 Å². The first kappa shape index (κ1) is 23.3. The first-order valence-electron chi connectivity index (χ1n) is 11.1. The van der Waals surface area contributed by atoms with E-state index in [-0.39, 0.29) is 18.5 Å². The molecular weight excluding hydrogens is 443 g/mol. The second kappa shape index (κ2) is 10.4. The van der Waals surface area contributed by atoms with Crippen LogP contribution in [-0.2, 0) is 13.3 Å². The van der Waals surface area contributed by atoms with Gasteiger partial charge in [0.15, 0.2) is 12.4 Å². The zero-order chi connectivity index (χ0) is 23.4. The number of halogens is 2.